The molecule has 0 saturated heterocycles. The lowest BCUT2D eigenvalue weighted by Crippen LogP contribution is -2.20. The molecular formula is C18H15FN4O4. The molecule has 27 heavy (non-hydrogen) atoms. The number of rotatable bonds is 7. The van der Waals surface area contributed by atoms with Crippen molar-refractivity contribution in [3.63, 3.8) is 0 Å². The van der Waals surface area contributed by atoms with Crippen LogP contribution in [0.25, 0.3) is 0 Å². The quantitative estimate of drug-likeness (QED) is 0.562. The average Bonchev–Trinajstić information content (AvgIpc) is 2.66. The summed E-state index contributed by atoms with van der Waals surface area (Å²) < 4.78 is 24.1. The summed E-state index contributed by atoms with van der Waals surface area (Å²) in [6.07, 6.45) is 1.32. The van der Waals surface area contributed by atoms with E-state index < -0.39 is 17.6 Å². The molecule has 0 atom stereocenters. The van der Waals surface area contributed by atoms with Gasteiger partial charge in [0.05, 0.1) is 30.5 Å². The molecule has 2 aromatic rings. The Bertz CT molecular complexity index is 937. The van der Waals surface area contributed by atoms with Crippen LogP contribution in [0.15, 0.2) is 41.5 Å². The summed E-state index contributed by atoms with van der Waals surface area (Å²) >= 11 is 0. The molecule has 2 rings (SSSR count). The van der Waals surface area contributed by atoms with Gasteiger partial charge in [0.25, 0.3) is 11.8 Å². The van der Waals surface area contributed by atoms with Crippen LogP contribution < -0.4 is 20.6 Å². The maximum Gasteiger partial charge on any atom is 0.274 e. The van der Waals surface area contributed by atoms with Gasteiger partial charge in [-0.1, -0.05) is 0 Å². The Morgan fingerprint density at radius 2 is 2.07 bits per heavy atom. The van der Waals surface area contributed by atoms with E-state index in [1.54, 1.807) is 24.3 Å². The van der Waals surface area contributed by atoms with Gasteiger partial charge in [0, 0.05) is 0 Å². The predicted octanol–water partition coefficient (Wildman–Crippen LogP) is 1.33. The van der Waals surface area contributed by atoms with E-state index in [-0.39, 0.29) is 17.7 Å². The molecule has 0 aliphatic carbocycles. The second kappa shape index (κ2) is 8.96. The number of halogens is 1. The number of nitrogens with one attached hydrogen (secondary N) is 1. The second-order valence-electron chi connectivity index (χ2n) is 5.17. The lowest BCUT2D eigenvalue weighted by molar-refractivity contribution is -0.119. The highest BCUT2D eigenvalue weighted by Crippen LogP contribution is 2.27. The van der Waals surface area contributed by atoms with Gasteiger partial charge in [-0.3, -0.25) is 9.59 Å². The molecule has 0 spiro atoms. The largest absolute Gasteiger partial charge is 0.493 e. The monoisotopic (exact) mass is 370 g/mol. The fraction of sp³-hybridized carbons (Fsp3) is 0.111. The number of methoxy groups -OCH3 is 1. The minimum absolute atomic E-state index is 0.110. The minimum atomic E-state index is -0.820. The Kier molecular flexibility index (Phi) is 6.44. The van der Waals surface area contributed by atoms with Crippen molar-refractivity contribution >= 4 is 18.0 Å². The minimum Gasteiger partial charge on any atom is -0.493 e. The highest BCUT2D eigenvalue weighted by atomic mass is 19.1. The lowest BCUT2D eigenvalue weighted by atomic mass is 10.1. The number of nitrogens with two attached hydrogens (primary N) is 1. The summed E-state index contributed by atoms with van der Waals surface area (Å²) in [5.41, 5.74) is 7.64. The van der Waals surface area contributed by atoms with Gasteiger partial charge in [-0.15, -0.1) is 0 Å². The van der Waals surface area contributed by atoms with E-state index in [1.807, 2.05) is 0 Å². The van der Waals surface area contributed by atoms with E-state index in [0.717, 1.165) is 6.07 Å². The molecule has 0 fully saturated rings. The Morgan fingerprint density at radius 1 is 1.30 bits per heavy atom. The van der Waals surface area contributed by atoms with Crippen LogP contribution in [0, 0.1) is 17.1 Å². The molecular weight excluding hydrogens is 355 g/mol. The molecule has 0 aromatic heterocycles. The van der Waals surface area contributed by atoms with E-state index in [0.29, 0.717) is 17.1 Å². The first-order valence-electron chi connectivity index (χ1n) is 7.56. The Balaban J connectivity index is 2.06. The van der Waals surface area contributed by atoms with Crippen molar-refractivity contribution < 1.29 is 23.5 Å². The number of carbonyl (C=O) groups excluding carboxylic acids is 2. The lowest BCUT2D eigenvalue weighted by Gasteiger charge is -2.09. The smallest absolute Gasteiger partial charge is 0.274 e. The molecule has 0 aliphatic rings. The highest BCUT2D eigenvalue weighted by Gasteiger charge is 2.11. The van der Waals surface area contributed by atoms with Crippen molar-refractivity contribution in [3.8, 4) is 17.6 Å². The number of amides is 2. The maximum atomic E-state index is 13.8. The third-order valence-corrected chi connectivity index (χ3v) is 3.28. The molecule has 138 valence electrons. The van der Waals surface area contributed by atoms with Crippen molar-refractivity contribution in [3.05, 3.63) is 58.9 Å². The Morgan fingerprint density at radius 3 is 2.70 bits per heavy atom. The van der Waals surface area contributed by atoms with Gasteiger partial charge >= 0.3 is 0 Å². The normalized spacial score (nSPS) is 10.3. The van der Waals surface area contributed by atoms with Gasteiger partial charge in [-0.25, -0.2) is 9.82 Å². The molecule has 0 bridgehead atoms. The highest BCUT2D eigenvalue weighted by molar-refractivity contribution is 5.95. The van der Waals surface area contributed by atoms with Crippen molar-refractivity contribution in [1.29, 1.82) is 5.26 Å². The van der Waals surface area contributed by atoms with Crippen LogP contribution in [0.1, 0.15) is 21.5 Å². The number of ether oxygens (including phenoxy) is 2. The molecule has 0 saturated carbocycles. The average molecular weight is 370 g/mol. The van der Waals surface area contributed by atoms with Gasteiger partial charge in [0.15, 0.2) is 18.1 Å². The zero-order chi connectivity index (χ0) is 19.8. The van der Waals surface area contributed by atoms with Crippen LogP contribution in [0.4, 0.5) is 4.39 Å². The van der Waals surface area contributed by atoms with E-state index in [4.69, 9.17) is 20.5 Å². The fourth-order valence-corrected chi connectivity index (χ4v) is 2.03. The van der Waals surface area contributed by atoms with Crippen molar-refractivity contribution in [2.45, 2.75) is 0 Å². The number of hydrogen-bond donors (Lipinski definition) is 2. The third kappa shape index (κ3) is 5.27. The van der Waals surface area contributed by atoms with Crippen LogP contribution in [-0.4, -0.2) is 31.7 Å². The SMILES string of the molecule is COc1cc(/C=N\NC(=O)c2ccc(C#N)cc2F)ccc1OCC(N)=O. The van der Waals surface area contributed by atoms with E-state index in [9.17, 15) is 14.0 Å². The standard InChI is InChI=1S/C18H15FN4O4/c1-26-16-7-12(3-5-15(16)27-10-17(21)24)9-22-23-18(25)13-4-2-11(8-20)6-14(13)19/h2-7,9H,10H2,1H3,(H2,21,24)(H,23,25)/b22-9-. The number of primary amides is 1. The number of hydrogen-bond acceptors (Lipinski definition) is 6. The van der Waals surface area contributed by atoms with Crippen LogP contribution in [-0.2, 0) is 4.79 Å². The summed E-state index contributed by atoms with van der Waals surface area (Å²) in [5.74, 6) is -1.55. The predicted molar refractivity (Wildman–Crippen MR) is 93.9 cm³/mol. The molecule has 9 heteroatoms. The van der Waals surface area contributed by atoms with Gasteiger partial charge in [-0.2, -0.15) is 10.4 Å². The first-order chi connectivity index (χ1) is 12.9. The molecule has 0 unspecified atom stereocenters. The van der Waals surface area contributed by atoms with E-state index >= 15 is 0 Å². The summed E-state index contributed by atoms with van der Waals surface area (Å²) in [6, 6.07) is 10.00. The number of nitrogens with zero attached hydrogens (tertiary/aromatic N) is 2. The van der Waals surface area contributed by atoms with Gasteiger partial charge < -0.3 is 15.2 Å². The van der Waals surface area contributed by atoms with Gasteiger partial charge in [-0.05, 0) is 42.0 Å². The topological polar surface area (TPSA) is 127 Å². The van der Waals surface area contributed by atoms with E-state index in [2.05, 4.69) is 10.5 Å². The summed E-state index contributed by atoms with van der Waals surface area (Å²) in [5, 5.41) is 12.5. The van der Waals surface area contributed by atoms with Crippen LogP contribution in [0.3, 0.4) is 0 Å². The van der Waals surface area contributed by atoms with Gasteiger partial charge in [0.1, 0.15) is 5.82 Å². The molecule has 8 nitrogen and oxygen atoms in total. The number of carbonyl (C=O) groups is 2. The Labute approximate surface area is 154 Å². The Hall–Kier alpha value is -3.93. The summed E-state index contributed by atoms with van der Waals surface area (Å²) in [4.78, 5) is 22.7. The van der Waals surface area contributed by atoms with E-state index in [1.165, 1.54) is 25.5 Å². The zero-order valence-electron chi connectivity index (χ0n) is 14.2. The molecule has 0 radical (unpaired) electrons. The first kappa shape index (κ1) is 19.4. The molecule has 2 amide bonds. The molecule has 3 N–H and O–H groups in total. The zero-order valence-corrected chi connectivity index (χ0v) is 14.2. The third-order valence-electron chi connectivity index (χ3n) is 3.28. The second-order valence-corrected chi connectivity index (χ2v) is 5.17. The van der Waals surface area contributed by atoms with Crippen molar-refractivity contribution in [2.24, 2.45) is 10.8 Å². The number of hydrazone groups is 1. The maximum absolute atomic E-state index is 13.8. The van der Waals surface area contributed by atoms with Crippen molar-refractivity contribution in [1.82, 2.24) is 5.43 Å². The van der Waals surface area contributed by atoms with Crippen LogP contribution >= 0.6 is 0 Å². The number of benzene rings is 2. The molecule has 2 aromatic carbocycles. The summed E-state index contributed by atoms with van der Waals surface area (Å²) in [7, 11) is 1.42. The van der Waals surface area contributed by atoms with Crippen LogP contribution in [0.5, 0.6) is 11.5 Å². The molecule has 0 aliphatic heterocycles. The van der Waals surface area contributed by atoms with Gasteiger partial charge in [0.2, 0.25) is 0 Å². The fourth-order valence-electron chi connectivity index (χ4n) is 2.03. The van der Waals surface area contributed by atoms with Crippen molar-refractivity contribution in [2.75, 3.05) is 13.7 Å². The first-order valence-corrected chi connectivity index (χ1v) is 7.56. The molecule has 0 heterocycles. The summed E-state index contributed by atoms with van der Waals surface area (Å²) in [6.45, 7) is -0.296. The number of nitriles is 1. The van der Waals surface area contributed by atoms with Crippen LogP contribution in [0.2, 0.25) is 0 Å².